The lowest BCUT2D eigenvalue weighted by Gasteiger charge is -2.24. The second-order valence-corrected chi connectivity index (χ2v) is 6.97. The molecule has 5 heteroatoms. The molecule has 1 saturated carbocycles. The van der Waals surface area contributed by atoms with E-state index in [-0.39, 0.29) is 11.9 Å². The number of rotatable bonds is 6. The molecule has 23 heavy (non-hydrogen) atoms. The van der Waals surface area contributed by atoms with E-state index in [9.17, 15) is 9.59 Å². The maximum absolute atomic E-state index is 12.6. The van der Waals surface area contributed by atoms with E-state index in [0.29, 0.717) is 19.1 Å². The lowest BCUT2D eigenvalue weighted by Crippen LogP contribution is -2.46. The van der Waals surface area contributed by atoms with E-state index in [4.69, 9.17) is 0 Å². The van der Waals surface area contributed by atoms with Crippen LogP contribution in [0.3, 0.4) is 0 Å². The molecular weight excluding hydrogens is 290 g/mol. The second-order valence-electron chi connectivity index (χ2n) is 6.97. The Morgan fingerprint density at radius 3 is 2.39 bits per heavy atom. The Morgan fingerprint density at radius 1 is 1.22 bits per heavy atom. The molecule has 0 spiro atoms. The van der Waals surface area contributed by atoms with Crippen molar-refractivity contribution < 1.29 is 9.59 Å². The normalized spacial score (nSPS) is 24.4. The molecule has 1 heterocycles. The van der Waals surface area contributed by atoms with Crippen molar-refractivity contribution in [3.05, 3.63) is 35.4 Å². The topological polar surface area (TPSA) is 52.6 Å². The largest absolute Gasteiger partial charge is 0.326 e. The summed E-state index contributed by atoms with van der Waals surface area (Å²) in [6, 6.07) is 8.20. The molecule has 1 aliphatic carbocycles. The molecule has 3 rings (SSSR count). The van der Waals surface area contributed by atoms with Gasteiger partial charge in [-0.05, 0) is 50.3 Å². The van der Waals surface area contributed by atoms with Crippen LogP contribution in [-0.4, -0.2) is 41.0 Å². The summed E-state index contributed by atoms with van der Waals surface area (Å²) in [5.74, 6) is 0.217. The standard InChI is InChI=1S/C18H25N3O2/c1-4-13-5-7-14(8-6-13)11-20(3)12-21-16(22)18(2,15-9-10-15)19-17(21)23/h5-8,15H,4,9-12H2,1-3H3,(H,19,23)/t18-/m0/s1. The number of aryl methyl sites for hydroxylation is 1. The van der Waals surface area contributed by atoms with E-state index in [0.717, 1.165) is 19.3 Å². The van der Waals surface area contributed by atoms with E-state index < -0.39 is 5.54 Å². The van der Waals surface area contributed by atoms with Crippen LogP contribution in [-0.2, 0) is 17.8 Å². The summed E-state index contributed by atoms with van der Waals surface area (Å²) in [4.78, 5) is 28.1. The number of imide groups is 1. The van der Waals surface area contributed by atoms with Crippen LogP contribution < -0.4 is 5.32 Å². The van der Waals surface area contributed by atoms with E-state index in [1.165, 1.54) is 16.0 Å². The fourth-order valence-corrected chi connectivity index (χ4v) is 3.26. The summed E-state index contributed by atoms with van der Waals surface area (Å²) in [6.45, 7) is 5.02. The Bertz CT molecular complexity index is 609. The predicted molar refractivity (Wildman–Crippen MR) is 88.7 cm³/mol. The highest BCUT2D eigenvalue weighted by Gasteiger charge is 2.56. The number of carbonyl (C=O) groups excluding carboxylic acids is 2. The highest BCUT2D eigenvalue weighted by molar-refractivity contribution is 6.07. The maximum atomic E-state index is 12.6. The SMILES string of the molecule is CCc1ccc(CN(C)CN2C(=O)N[C@@](C)(C3CC3)C2=O)cc1. The van der Waals surface area contributed by atoms with Crippen LogP contribution in [0.2, 0.25) is 0 Å². The van der Waals surface area contributed by atoms with Crippen LogP contribution in [0, 0.1) is 5.92 Å². The van der Waals surface area contributed by atoms with Gasteiger partial charge in [-0.15, -0.1) is 0 Å². The van der Waals surface area contributed by atoms with Gasteiger partial charge in [0.1, 0.15) is 5.54 Å². The molecule has 0 aromatic heterocycles. The molecule has 124 valence electrons. The van der Waals surface area contributed by atoms with Crippen molar-refractivity contribution in [1.29, 1.82) is 0 Å². The predicted octanol–water partition coefficient (Wildman–Crippen LogP) is 2.36. The molecule has 1 aromatic rings. The zero-order chi connectivity index (χ0) is 16.6. The molecule has 1 atom stereocenters. The lowest BCUT2D eigenvalue weighted by atomic mass is 9.96. The third kappa shape index (κ3) is 3.11. The van der Waals surface area contributed by atoms with Crippen LogP contribution in [0.25, 0.3) is 0 Å². The Balaban J connectivity index is 1.61. The van der Waals surface area contributed by atoms with Crippen molar-refractivity contribution in [2.24, 2.45) is 5.92 Å². The van der Waals surface area contributed by atoms with E-state index >= 15 is 0 Å². The summed E-state index contributed by atoms with van der Waals surface area (Å²) in [5.41, 5.74) is 1.80. The number of carbonyl (C=O) groups is 2. The number of urea groups is 1. The summed E-state index contributed by atoms with van der Waals surface area (Å²) < 4.78 is 0. The van der Waals surface area contributed by atoms with Crippen molar-refractivity contribution in [2.75, 3.05) is 13.7 Å². The van der Waals surface area contributed by atoms with Crippen LogP contribution in [0.4, 0.5) is 4.79 Å². The van der Waals surface area contributed by atoms with Crippen molar-refractivity contribution in [2.45, 2.75) is 45.2 Å². The molecule has 2 fully saturated rings. The van der Waals surface area contributed by atoms with Crippen molar-refractivity contribution >= 4 is 11.9 Å². The number of amides is 3. The molecule has 1 aromatic carbocycles. The van der Waals surface area contributed by atoms with Crippen LogP contribution in [0.15, 0.2) is 24.3 Å². The molecule has 2 aliphatic rings. The smallest absolute Gasteiger partial charge is 0.323 e. The van der Waals surface area contributed by atoms with Gasteiger partial charge in [-0.2, -0.15) is 0 Å². The summed E-state index contributed by atoms with van der Waals surface area (Å²) in [6.07, 6.45) is 3.07. The Kier molecular flexibility index (Phi) is 4.15. The van der Waals surface area contributed by atoms with Gasteiger partial charge in [0.15, 0.2) is 0 Å². The molecule has 0 unspecified atom stereocenters. The zero-order valence-electron chi connectivity index (χ0n) is 14.1. The number of hydrogen-bond acceptors (Lipinski definition) is 3. The summed E-state index contributed by atoms with van der Waals surface area (Å²) >= 11 is 0. The average molecular weight is 315 g/mol. The molecule has 5 nitrogen and oxygen atoms in total. The third-order valence-electron chi connectivity index (χ3n) is 4.96. The number of benzene rings is 1. The highest BCUT2D eigenvalue weighted by atomic mass is 16.2. The van der Waals surface area contributed by atoms with Gasteiger partial charge in [0.2, 0.25) is 0 Å². The summed E-state index contributed by atoms with van der Waals surface area (Å²) in [7, 11) is 1.93. The average Bonchev–Trinajstić information content (AvgIpc) is 3.34. The van der Waals surface area contributed by atoms with Crippen molar-refractivity contribution in [1.82, 2.24) is 15.1 Å². The van der Waals surface area contributed by atoms with E-state index in [2.05, 4.69) is 36.5 Å². The molecule has 1 saturated heterocycles. The Labute approximate surface area is 137 Å². The molecule has 0 radical (unpaired) electrons. The molecule has 3 amide bonds. The highest BCUT2D eigenvalue weighted by Crippen LogP contribution is 2.42. The van der Waals surface area contributed by atoms with Crippen molar-refractivity contribution in [3.63, 3.8) is 0 Å². The maximum Gasteiger partial charge on any atom is 0.326 e. The molecule has 0 bridgehead atoms. The first-order valence-corrected chi connectivity index (χ1v) is 8.34. The minimum atomic E-state index is -0.694. The van der Waals surface area contributed by atoms with Gasteiger partial charge in [-0.25, -0.2) is 9.69 Å². The van der Waals surface area contributed by atoms with E-state index in [1.54, 1.807) is 0 Å². The quantitative estimate of drug-likeness (QED) is 0.820. The first-order chi connectivity index (χ1) is 10.9. The van der Waals surface area contributed by atoms with Gasteiger partial charge in [0.25, 0.3) is 5.91 Å². The minimum Gasteiger partial charge on any atom is -0.323 e. The van der Waals surface area contributed by atoms with Crippen LogP contribution in [0.1, 0.15) is 37.8 Å². The van der Waals surface area contributed by atoms with Gasteiger partial charge in [0, 0.05) is 6.54 Å². The number of nitrogens with one attached hydrogen (secondary N) is 1. The number of hydrogen-bond donors (Lipinski definition) is 1. The van der Waals surface area contributed by atoms with Gasteiger partial charge in [-0.3, -0.25) is 9.69 Å². The first kappa shape index (κ1) is 16.0. The summed E-state index contributed by atoms with van der Waals surface area (Å²) in [5, 5.41) is 2.89. The second kappa shape index (κ2) is 5.96. The minimum absolute atomic E-state index is 0.0850. The van der Waals surface area contributed by atoms with Crippen LogP contribution >= 0.6 is 0 Å². The van der Waals surface area contributed by atoms with Gasteiger partial charge in [0.05, 0.1) is 6.67 Å². The van der Waals surface area contributed by atoms with Gasteiger partial charge < -0.3 is 5.32 Å². The zero-order valence-corrected chi connectivity index (χ0v) is 14.1. The van der Waals surface area contributed by atoms with Gasteiger partial charge in [-0.1, -0.05) is 31.2 Å². The molecule has 1 N–H and O–H groups in total. The van der Waals surface area contributed by atoms with Crippen LogP contribution in [0.5, 0.6) is 0 Å². The molecular formula is C18H25N3O2. The Morgan fingerprint density at radius 2 is 1.83 bits per heavy atom. The fraction of sp³-hybridized carbons (Fsp3) is 0.556. The monoisotopic (exact) mass is 315 g/mol. The Hall–Kier alpha value is -1.88. The first-order valence-electron chi connectivity index (χ1n) is 8.34. The third-order valence-corrected chi connectivity index (χ3v) is 4.96. The number of nitrogens with zero attached hydrogens (tertiary/aromatic N) is 2. The lowest BCUT2D eigenvalue weighted by molar-refractivity contribution is -0.132. The molecule has 1 aliphatic heterocycles. The van der Waals surface area contributed by atoms with Gasteiger partial charge >= 0.3 is 6.03 Å². The fourth-order valence-electron chi connectivity index (χ4n) is 3.26. The van der Waals surface area contributed by atoms with E-state index in [1.807, 2.05) is 18.9 Å². The van der Waals surface area contributed by atoms with Crippen molar-refractivity contribution in [3.8, 4) is 0 Å².